The molecule has 124 valence electrons. The molecular formula is C15H12BrN3O5. The predicted molar refractivity (Wildman–Crippen MR) is 90.5 cm³/mol. The maximum absolute atomic E-state index is 11.9. The molecule has 2 rings (SSSR count). The number of nitrogens with one attached hydrogen (secondary N) is 1. The molecule has 0 heterocycles. The Labute approximate surface area is 145 Å². The highest BCUT2D eigenvalue weighted by molar-refractivity contribution is 9.10. The number of nitro benzene ring substituents is 1. The summed E-state index contributed by atoms with van der Waals surface area (Å²) in [5, 5.41) is 24.1. The molecule has 0 bridgehead atoms. The lowest BCUT2D eigenvalue weighted by Crippen LogP contribution is -2.17. The Kier molecular flexibility index (Phi) is 5.48. The molecule has 0 aliphatic heterocycles. The summed E-state index contributed by atoms with van der Waals surface area (Å²) in [6, 6.07) is 8.29. The molecule has 0 fully saturated rings. The maximum atomic E-state index is 11.9. The van der Waals surface area contributed by atoms with Crippen LogP contribution in [-0.4, -0.2) is 29.3 Å². The van der Waals surface area contributed by atoms with Crippen LogP contribution in [0, 0.1) is 10.1 Å². The number of hydrogen-bond acceptors (Lipinski definition) is 6. The number of carbonyl (C=O) groups excluding carboxylic acids is 1. The number of carbonyl (C=O) groups is 1. The van der Waals surface area contributed by atoms with E-state index in [2.05, 4.69) is 26.5 Å². The molecule has 1 amide bonds. The number of methoxy groups -OCH3 is 1. The van der Waals surface area contributed by atoms with Crippen LogP contribution in [0.5, 0.6) is 11.5 Å². The van der Waals surface area contributed by atoms with Crippen molar-refractivity contribution in [3.63, 3.8) is 0 Å². The highest BCUT2D eigenvalue weighted by Crippen LogP contribution is 2.34. The van der Waals surface area contributed by atoms with E-state index in [-0.39, 0.29) is 22.7 Å². The van der Waals surface area contributed by atoms with E-state index in [1.165, 1.54) is 37.6 Å². The number of ether oxygens (including phenoxy) is 1. The minimum absolute atomic E-state index is 0.0374. The third-order valence-corrected chi connectivity index (χ3v) is 3.60. The number of hydrogen-bond donors (Lipinski definition) is 2. The molecule has 0 aromatic heterocycles. The average molecular weight is 394 g/mol. The van der Waals surface area contributed by atoms with Crippen molar-refractivity contribution in [2.75, 3.05) is 7.11 Å². The number of amides is 1. The standard InChI is InChI=1S/C15H12BrN3O5/c1-24-13-7-9(6-12(16)14(13)20)8-17-18-15(21)10-2-4-11(5-3-10)19(22)23/h2-8,20H,1H3,(H,18,21). The van der Waals surface area contributed by atoms with Gasteiger partial charge in [-0.2, -0.15) is 5.10 Å². The van der Waals surface area contributed by atoms with Gasteiger partial charge >= 0.3 is 0 Å². The van der Waals surface area contributed by atoms with Gasteiger partial charge in [0.15, 0.2) is 11.5 Å². The second-order valence-corrected chi connectivity index (χ2v) is 5.41. The third-order valence-electron chi connectivity index (χ3n) is 2.99. The Bertz CT molecular complexity index is 806. The van der Waals surface area contributed by atoms with Gasteiger partial charge < -0.3 is 9.84 Å². The summed E-state index contributed by atoms with van der Waals surface area (Å²) in [5.41, 5.74) is 3.03. The zero-order chi connectivity index (χ0) is 17.7. The number of benzene rings is 2. The number of halogens is 1. The van der Waals surface area contributed by atoms with Crippen LogP contribution in [0.25, 0.3) is 0 Å². The van der Waals surface area contributed by atoms with Gasteiger partial charge in [-0.3, -0.25) is 14.9 Å². The molecular weight excluding hydrogens is 382 g/mol. The Hall–Kier alpha value is -2.94. The van der Waals surface area contributed by atoms with Gasteiger partial charge in [-0.25, -0.2) is 5.43 Å². The SMILES string of the molecule is COc1cc(C=NNC(=O)c2ccc([N+](=O)[O-])cc2)cc(Br)c1O. The summed E-state index contributed by atoms with van der Waals surface area (Å²) < 4.78 is 5.43. The van der Waals surface area contributed by atoms with E-state index in [0.29, 0.717) is 10.0 Å². The predicted octanol–water partition coefficient (Wildman–Crippen LogP) is 2.84. The number of aromatic hydroxyl groups is 1. The maximum Gasteiger partial charge on any atom is 0.271 e. The largest absolute Gasteiger partial charge is 0.503 e. The van der Waals surface area contributed by atoms with Crippen molar-refractivity contribution < 1.29 is 19.6 Å². The van der Waals surface area contributed by atoms with Gasteiger partial charge in [0.1, 0.15) is 0 Å². The first-order chi connectivity index (χ1) is 11.4. The van der Waals surface area contributed by atoms with Crippen molar-refractivity contribution in [1.29, 1.82) is 0 Å². The first-order valence-corrected chi connectivity index (χ1v) is 7.36. The first-order valence-electron chi connectivity index (χ1n) is 6.56. The second kappa shape index (κ2) is 7.55. The summed E-state index contributed by atoms with van der Waals surface area (Å²) in [4.78, 5) is 21.9. The molecule has 0 unspecified atom stereocenters. The van der Waals surface area contributed by atoms with Crippen LogP contribution >= 0.6 is 15.9 Å². The van der Waals surface area contributed by atoms with Crippen molar-refractivity contribution in [2.45, 2.75) is 0 Å². The van der Waals surface area contributed by atoms with Gasteiger partial charge in [-0.1, -0.05) is 0 Å². The number of phenols is 1. The van der Waals surface area contributed by atoms with Crippen molar-refractivity contribution in [2.24, 2.45) is 5.10 Å². The molecule has 2 N–H and O–H groups in total. The molecule has 0 saturated heterocycles. The Morgan fingerprint density at radius 3 is 2.62 bits per heavy atom. The molecule has 0 saturated carbocycles. The van der Waals surface area contributed by atoms with Crippen LogP contribution in [-0.2, 0) is 0 Å². The van der Waals surface area contributed by atoms with Crippen LogP contribution in [0.4, 0.5) is 5.69 Å². The van der Waals surface area contributed by atoms with Crippen LogP contribution in [0.3, 0.4) is 0 Å². The molecule has 8 nitrogen and oxygen atoms in total. The van der Waals surface area contributed by atoms with E-state index in [1.807, 2.05) is 0 Å². The number of hydrazone groups is 1. The lowest BCUT2D eigenvalue weighted by molar-refractivity contribution is -0.384. The lowest BCUT2D eigenvalue weighted by Gasteiger charge is -2.06. The molecule has 0 spiro atoms. The van der Waals surface area contributed by atoms with E-state index in [4.69, 9.17) is 4.74 Å². The van der Waals surface area contributed by atoms with Crippen molar-refractivity contribution in [1.82, 2.24) is 5.43 Å². The van der Waals surface area contributed by atoms with E-state index >= 15 is 0 Å². The van der Waals surface area contributed by atoms with E-state index in [9.17, 15) is 20.0 Å². The molecule has 9 heteroatoms. The molecule has 0 aliphatic carbocycles. The van der Waals surface area contributed by atoms with Crippen LogP contribution in [0.1, 0.15) is 15.9 Å². The highest BCUT2D eigenvalue weighted by Gasteiger charge is 2.09. The molecule has 2 aromatic carbocycles. The first kappa shape index (κ1) is 17.4. The van der Waals surface area contributed by atoms with Gasteiger partial charge in [0.25, 0.3) is 11.6 Å². The van der Waals surface area contributed by atoms with E-state index in [0.717, 1.165) is 0 Å². The minimum atomic E-state index is -0.546. The fraction of sp³-hybridized carbons (Fsp3) is 0.0667. The highest BCUT2D eigenvalue weighted by atomic mass is 79.9. The number of nitro groups is 1. The summed E-state index contributed by atoms with van der Waals surface area (Å²) in [7, 11) is 1.42. The topological polar surface area (TPSA) is 114 Å². The van der Waals surface area contributed by atoms with Crippen molar-refractivity contribution >= 4 is 33.7 Å². The zero-order valence-corrected chi connectivity index (χ0v) is 14.0. The normalized spacial score (nSPS) is 10.6. The van der Waals surface area contributed by atoms with Crippen molar-refractivity contribution in [3.8, 4) is 11.5 Å². The average Bonchev–Trinajstić information content (AvgIpc) is 2.57. The molecule has 24 heavy (non-hydrogen) atoms. The smallest absolute Gasteiger partial charge is 0.271 e. The quantitative estimate of drug-likeness (QED) is 0.460. The fourth-order valence-corrected chi connectivity index (χ4v) is 2.25. The summed E-state index contributed by atoms with van der Waals surface area (Å²) in [6.45, 7) is 0. The van der Waals surface area contributed by atoms with Gasteiger partial charge in [0.05, 0.1) is 22.7 Å². The number of rotatable bonds is 5. The Morgan fingerprint density at radius 1 is 1.38 bits per heavy atom. The van der Waals surface area contributed by atoms with Gasteiger partial charge in [-0.05, 0) is 45.8 Å². The summed E-state index contributed by atoms with van der Waals surface area (Å²) in [6.07, 6.45) is 1.37. The summed E-state index contributed by atoms with van der Waals surface area (Å²) in [5.74, 6) is -0.289. The number of phenolic OH excluding ortho intramolecular Hbond substituents is 1. The Balaban J connectivity index is 2.07. The van der Waals surface area contributed by atoms with Gasteiger partial charge in [0, 0.05) is 17.7 Å². The molecule has 0 radical (unpaired) electrons. The van der Waals surface area contributed by atoms with Crippen LogP contribution in [0.2, 0.25) is 0 Å². The van der Waals surface area contributed by atoms with Crippen molar-refractivity contribution in [3.05, 3.63) is 62.1 Å². The van der Waals surface area contributed by atoms with Gasteiger partial charge in [-0.15, -0.1) is 0 Å². The minimum Gasteiger partial charge on any atom is -0.503 e. The van der Waals surface area contributed by atoms with Crippen LogP contribution < -0.4 is 10.2 Å². The molecule has 0 atom stereocenters. The monoisotopic (exact) mass is 393 g/mol. The number of non-ortho nitro benzene ring substituents is 1. The molecule has 2 aromatic rings. The van der Waals surface area contributed by atoms with Crippen LogP contribution in [0.15, 0.2) is 46.0 Å². The third kappa shape index (κ3) is 4.07. The Morgan fingerprint density at radius 2 is 2.04 bits per heavy atom. The van der Waals surface area contributed by atoms with E-state index in [1.54, 1.807) is 12.1 Å². The van der Waals surface area contributed by atoms with E-state index < -0.39 is 10.8 Å². The van der Waals surface area contributed by atoms with Gasteiger partial charge in [0.2, 0.25) is 0 Å². The fourth-order valence-electron chi connectivity index (χ4n) is 1.79. The lowest BCUT2D eigenvalue weighted by atomic mass is 10.2. The number of nitrogens with zero attached hydrogens (tertiary/aromatic N) is 2. The molecule has 0 aliphatic rings. The summed E-state index contributed by atoms with van der Waals surface area (Å²) >= 11 is 3.18. The second-order valence-electron chi connectivity index (χ2n) is 4.56. The zero-order valence-electron chi connectivity index (χ0n) is 12.4.